The molecule has 0 spiro atoms. The van der Waals surface area contributed by atoms with Crippen molar-refractivity contribution in [3.05, 3.63) is 11.7 Å². The minimum absolute atomic E-state index is 0.163. The molecule has 1 aromatic rings. The molecule has 17 heavy (non-hydrogen) atoms. The van der Waals surface area contributed by atoms with Crippen LogP contribution in [0.25, 0.3) is 0 Å². The molecule has 1 aliphatic carbocycles. The average molecular weight is 238 g/mol. The summed E-state index contributed by atoms with van der Waals surface area (Å²) in [5, 5.41) is 3.97. The first-order valence-corrected chi connectivity index (χ1v) is 6.22. The van der Waals surface area contributed by atoms with Gasteiger partial charge in [0.15, 0.2) is 5.82 Å². The standard InChI is InChI=1S/C11H18N4O2/c12-9(7-15-3-5-16-6-4-15)10-13-11(17-14-10)8-1-2-8/h8-9H,1-7,12H2. The summed E-state index contributed by atoms with van der Waals surface area (Å²) >= 11 is 0. The molecule has 2 fully saturated rings. The van der Waals surface area contributed by atoms with E-state index in [2.05, 4.69) is 15.0 Å². The molecule has 6 nitrogen and oxygen atoms in total. The summed E-state index contributed by atoms with van der Waals surface area (Å²) in [6, 6.07) is -0.163. The van der Waals surface area contributed by atoms with Crippen molar-refractivity contribution in [2.24, 2.45) is 5.73 Å². The molecule has 0 amide bonds. The van der Waals surface area contributed by atoms with Gasteiger partial charge < -0.3 is 15.0 Å². The number of hydrogen-bond donors (Lipinski definition) is 1. The predicted molar refractivity (Wildman–Crippen MR) is 60.5 cm³/mol. The molecule has 1 aromatic heterocycles. The number of rotatable bonds is 4. The van der Waals surface area contributed by atoms with Crippen LogP contribution in [0.2, 0.25) is 0 Å². The van der Waals surface area contributed by atoms with Crippen LogP contribution in [0.5, 0.6) is 0 Å². The first-order chi connectivity index (χ1) is 8.33. The van der Waals surface area contributed by atoms with E-state index in [1.807, 2.05) is 0 Å². The third-order valence-corrected chi connectivity index (χ3v) is 3.27. The van der Waals surface area contributed by atoms with Crippen molar-refractivity contribution in [2.45, 2.75) is 24.8 Å². The maximum Gasteiger partial charge on any atom is 0.229 e. The molecule has 1 saturated heterocycles. The Hall–Kier alpha value is -0.980. The second-order valence-corrected chi connectivity index (χ2v) is 4.78. The van der Waals surface area contributed by atoms with Crippen LogP contribution in [0.3, 0.4) is 0 Å². The van der Waals surface area contributed by atoms with Gasteiger partial charge in [0.1, 0.15) is 0 Å². The molecule has 2 aliphatic rings. The van der Waals surface area contributed by atoms with Crippen molar-refractivity contribution in [1.29, 1.82) is 0 Å². The fraction of sp³-hybridized carbons (Fsp3) is 0.818. The van der Waals surface area contributed by atoms with Gasteiger partial charge in [0.2, 0.25) is 5.89 Å². The molecule has 94 valence electrons. The first-order valence-electron chi connectivity index (χ1n) is 6.22. The average Bonchev–Trinajstić information content (AvgIpc) is 3.08. The molecule has 1 atom stereocenters. The third-order valence-electron chi connectivity index (χ3n) is 3.27. The monoisotopic (exact) mass is 238 g/mol. The van der Waals surface area contributed by atoms with Crippen LogP contribution in [-0.4, -0.2) is 47.9 Å². The fourth-order valence-corrected chi connectivity index (χ4v) is 2.04. The molecular formula is C11H18N4O2. The van der Waals surface area contributed by atoms with Crippen molar-refractivity contribution in [3.8, 4) is 0 Å². The van der Waals surface area contributed by atoms with Gasteiger partial charge >= 0.3 is 0 Å². The number of nitrogens with two attached hydrogens (primary N) is 1. The molecule has 0 bridgehead atoms. The number of aromatic nitrogens is 2. The smallest absolute Gasteiger partial charge is 0.229 e. The Morgan fingerprint density at radius 3 is 2.82 bits per heavy atom. The normalized spacial score (nSPS) is 23.8. The van der Waals surface area contributed by atoms with Crippen LogP contribution in [0.4, 0.5) is 0 Å². The van der Waals surface area contributed by atoms with Crippen molar-refractivity contribution in [1.82, 2.24) is 15.0 Å². The van der Waals surface area contributed by atoms with E-state index in [9.17, 15) is 0 Å². The zero-order chi connectivity index (χ0) is 11.7. The molecule has 3 rings (SSSR count). The Labute approximate surface area is 100 Å². The summed E-state index contributed by atoms with van der Waals surface area (Å²) in [6.45, 7) is 4.20. The molecule has 1 aliphatic heterocycles. The lowest BCUT2D eigenvalue weighted by atomic mass is 10.2. The van der Waals surface area contributed by atoms with E-state index in [0.717, 1.165) is 38.7 Å². The van der Waals surface area contributed by atoms with E-state index < -0.39 is 0 Å². The van der Waals surface area contributed by atoms with E-state index in [1.165, 1.54) is 12.8 Å². The van der Waals surface area contributed by atoms with Crippen molar-refractivity contribution < 1.29 is 9.26 Å². The summed E-state index contributed by atoms with van der Waals surface area (Å²) in [7, 11) is 0. The zero-order valence-corrected chi connectivity index (χ0v) is 9.84. The second kappa shape index (κ2) is 4.72. The van der Waals surface area contributed by atoms with Gasteiger partial charge in [-0.3, -0.25) is 4.90 Å². The third kappa shape index (κ3) is 2.65. The molecule has 1 saturated carbocycles. The highest BCUT2D eigenvalue weighted by atomic mass is 16.5. The Kier molecular flexibility index (Phi) is 3.09. The van der Waals surface area contributed by atoms with E-state index in [1.54, 1.807) is 0 Å². The fourth-order valence-electron chi connectivity index (χ4n) is 2.04. The highest BCUT2D eigenvalue weighted by molar-refractivity contribution is 5.03. The number of nitrogens with zero attached hydrogens (tertiary/aromatic N) is 3. The van der Waals surface area contributed by atoms with Gasteiger partial charge in [0, 0.05) is 25.6 Å². The largest absolute Gasteiger partial charge is 0.379 e. The lowest BCUT2D eigenvalue weighted by molar-refractivity contribution is 0.0348. The Morgan fingerprint density at radius 2 is 2.12 bits per heavy atom. The quantitative estimate of drug-likeness (QED) is 0.811. The van der Waals surface area contributed by atoms with Gasteiger partial charge in [-0.1, -0.05) is 5.16 Å². The van der Waals surface area contributed by atoms with Gasteiger partial charge in [-0.2, -0.15) is 4.98 Å². The van der Waals surface area contributed by atoms with Gasteiger partial charge in [-0.25, -0.2) is 0 Å². The number of morpholine rings is 1. The van der Waals surface area contributed by atoms with E-state index in [4.69, 9.17) is 15.0 Å². The van der Waals surface area contributed by atoms with E-state index in [0.29, 0.717) is 11.7 Å². The van der Waals surface area contributed by atoms with Crippen LogP contribution in [0.15, 0.2) is 4.52 Å². The lowest BCUT2D eigenvalue weighted by Crippen LogP contribution is -2.40. The Bertz CT molecular complexity index is 371. The molecule has 0 aromatic carbocycles. The zero-order valence-electron chi connectivity index (χ0n) is 9.84. The van der Waals surface area contributed by atoms with Crippen LogP contribution in [-0.2, 0) is 4.74 Å². The maximum absolute atomic E-state index is 6.09. The van der Waals surface area contributed by atoms with Crippen LogP contribution in [0, 0.1) is 0 Å². The molecule has 6 heteroatoms. The predicted octanol–water partition coefficient (Wildman–Crippen LogP) is 0.279. The number of hydrogen-bond acceptors (Lipinski definition) is 6. The minimum Gasteiger partial charge on any atom is -0.379 e. The number of ether oxygens (including phenoxy) is 1. The second-order valence-electron chi connectivity index (χ2n) is 4.78. The van der Waals surface area contributed by atoms with Crippen molar-refractivity contribution in [3.63, 3.8) is 0 Å². The lowest BCUT2D eigenvalue weighted by Gasteiger charge is -2.27. The van der Waals surface area contributed by atoms with Crippen LogP contribution in [0.1, 0.15) is 36.5 Å². The van der Waals surface area contributed by atoms with Crippen LogP contribution >= 0.6 is 0 Å². The summed E-state index contributed by atoms with van der Waals surface area (Å²) in [5.41, 5.74) is 6.09. The Morgan fingerprint density at radius 1 is 1.35 bits per heavy atom. The maximum atomic E-state index is 6.09. The molecule has 0 radical (unpaired) electrons. The highest BCUT2D eigenvalue weighted by Gasteiger charge is 2.30. The topological polar surface area (TPSA) is 77.4 Å². The van der Waals surface area contributed by atoms with E-state index >= 15 is 0 Å². The van der Waals surface area contributed by atoms with Crippen LogP contribution < -0.4 is 5.73 Å². The molecule has 2 N–H and O–H groups in total. The Balaban J connectivity index is 1.57. The molecule has 2 heterocycles. The SMILES string of the molecule is NC(CN1CCOCC1)c1noc(C2CC2)n1. The summed E-state index contributed by atoms with van der Waals surface area (Å²) < 4.78 is 10.5. The molecule has 1 unspecified atom stereocenters. The summed E-state index contributed by atoms with van der Waals surface area (Å²) in [4.78, 5) is 6.66. The van der Waals surface area contributed by atoms with Gasteiger partial charge in [-0.05, 0) is 12.8 Å². The van der Waals surface area contributed by atoms with E-state index in [-0.39, 0.29) is 6.04 Å². The summed E-state index contributed by atoms with van der Waals surface area (Å²) in [6.07, 6.45) is 2.33. The minimum atomic E-state index is -0.163. The highest BCUT2D eigenvalue weighted by Crippen LogP contribution is 2.39. The van der Waals surface area contributed by atoms with Crippen molar-refractivity contribution in [2.75, 3.05) is 32.8 Å². The first kappa shape index (κ1) is 11.1. The van der Waals surface area contributed by atoms with Gasteiger partial charge in [-0.15, -0.1) is 0 Å². The summed E-state index contributed by atoms with van der Waals surface area (Å²) in [5.74, 6) is 1.89. The van der Waals surface area contributed by atoms with Crippen molar-refractivity contribution >= 4 is 0 Å². The molecular weight excluding hydrogens is 220 g/mol. The van der Waals surface area contributed by atoms with Gasteiger partial charge in [0.25, 0.3) is 0 Å². The van der Waals surface area contributed by atoms with Gasteiger partial charge in [0.05, 0.1) is 19.3 Å².